The number of aryl methyl sites for hydroxylation is 2. The predicted octanol–water partition coefficient (Wildman–Crippen LogP) is 2.02. The van der Waals surface area contributed by atoms with Gasteiger partial charge in [0.05, 0.1) is 10.9 Å². The SMILES string of the molecule is CCN(CC)Cc1ccccc1NC(=O)c1cc(C)nc2c1c(=O)[nH]c(=O)n2C. The van der Waals surface area contributed by atoms with E-state index in [1.165, 1.54) is 11.6 Å². The van der Waals surface area contributed by atoms with Crippen LogP contribution in [0.3, 0.4) is 0 Å². The van der Waals surface area contributed by atoms with E-state index in [4.69, 9.17) is 0 Å². The zero-order chi connectivity index (χ0) is 21.1. The quantitative estimate of drug-likeness (QED) is 0.665. The largest absolute Gasteiger partial charge is 0.329 e. The third-order valence-corrected chi connectivity index (χ3v) is 5.00. The first-order valence-electron chi connectivity index (χ1n) is 9.58. The molecule has 0 atom stereocenters. The summed E-state index contributed by atoms with van der Waals surface area (Å²) in [4.78, 5) is 46.2. The summed E-state index contributed by atoms with van der Waals surface area (Å²) in [6.45, 7) is 8.40. The molecule has 0 spiro atoms. The molecule has 0 aliphatic rings. The van der Waals surface area contributed by atoms with Crippen LogP contribution in [0.5, 0.6) is 0 Å². The van der Waals surface area contributed by atoms with Crippen molar-refractivity contribution in [2.75, 3.05) is 18.4 Å². The molecule has 8 nitrogen and oxygen atoms in total. The van der Waals surface area contributed by atoms with Crippen molar-refractivity contribution < 1.29 is 4.79 Å². The van der Waals surface area contributed by atoms with Gasteiger partial charge in [-0.15, -0.1) is 0 Å². The molecular formula is C21H25N5O3. The number of carbonyl (C=O) groups is 1. The molecule has 29 heavy (non-hydrogen) atoms. The molecule has 3 rings (SSSR count). The van der Waals surface area contributed by atoms with Gasteiger partial charge in [-0.25, -0.2) is 9.78 Å². The molecule has 2 aromatic heterocycles. The summed E-state index contributed by atoms with van der Waals surface area (Å²) in [5, 5.41) is 3.02. The van der Waals surface area contributed by atoms with Crippen LogP contribution in [0.4, 0.5) is 5.69 Å². The van der Waals surface area contributed by atoms with Crippen molar-refractivity contribution in [3.05, 3.63) is 68.0 Å². The van der Waals surface area contributed by atoms with Crippen molar-refractivity contribution in [2.45, 2.75) is 27.3 Å². The van der Waals surface area contributed by atoms with E-state index in [-0.39, 0.29) is 16.6 Å². The van der Waals surface area contributed by atoms with E-state index in [0.29, 0.717) is 17.9 Å². The van der Waals surface area contributed by atoms with Gasteiger partial charge in [-0.2, -0.15) is 0 Å². The van der Waals surface area contributed by atoms with Crippen molar-refractivity contribution in [1.82, 2.24) is 19.4 Å². The average molecular weight is 395 g/mol. The van der Waals surface area contributed by atoms with Crippen molar-refractivity contribution in [3.8, 4) is 0 Å². The number of rotatable bonds is 6. The van der Waals surface area contributed by atoms with E-state index in [2.05, 4.69) is 34.0 Å². The van der Waals surface area contributed by atoms with Gasteiger partial charge in [0.25, 0.3) is 11.5 Å². The van der Waals surface area contributed by atoms with Gasteiger partial charge in [0.2, 0.25) is 0 Å². The van der Waals surface area contributed by atoms with Crippen LogP contribution in [0.1, 0.15) is 35.5 Å². The number of nitrogens with one attached hydrogen (secondary N) is 2. The predicted molar refractivity (Wildman–Crippen MR) is 113 cm³/mol. The number of amides is 1. The van der Waals surface area contributed by atoms with E-state index in [1.54, 1.807) is 13.0 Å². The Balaban J connectivity index is 2.06. The number of fused-ring (bicyclic) bond motifs is 1. The molecule has 0 fully saturated rings. The third-order valence-electron chi connectivity index (χ3n) is 5.00. The fraction of sp³-hybridized carbons (Fsp3) is 0.333. The van der Waals surface area contributed by atoms with Crippen LogP contribution in [-0.4, -0.2) is 38.4 Å². The lowest BCUT2D eigenvalue weighted by atomic mass is 10.1. The Morgan fingerprint density at radius 2 is 1.90 bits per heavy atom. The van der Waals surface area contributed by atoms with E-state index < -0.39 is 17.2 Å². The van der Waals surface area contributed by atoms with Crippen LogP contribution in [0.15, 0.2) is 39.9 Å². The number of H-pyrrole nitrogens is 1. The number of carbonyl (C=O) groups excluding carboxylic acids is 1. The van der Waals surface area contributed by atoms with Crippen molar-refractivity contribution in [3.63, 3.8) is 0 Å². The maximum Gasteiger partial charge on any atom is 0.329 e. The first kappa shape index (κ1) is 20.5. The zero-order valence-electron chi connectivity index (χ0n) is 17.1. The van der Waals surface area contributed by atoms with Gasteiger partial charge in [-0.05, 0) is 37.7 Å². The third kappa shape index (κ3) is 4.12. The van der Waals surface area contributed by atoms with Crippen LogP contribution in [0.25, 0.3) is 11.0 Å². The molecule has 3 aromatic rings. The van der Waals surface area contributed by atoms with E-state index >= 15 is 0 Å². The highest BCUT2D eigenvalue weighted by molar-refractivity contribution is 6.12. The van der Waals surface area contributed by atoms with Crippen molar-refractivity contribution in [2.24, 2.45) is 7.05 Å². The van der Waals surface area contributed by atoms with Crippen LogP contribution in [0, 0.1) is 6.92 Å². The van der Waals surface area contributed by atoms with Crippen LogP contribution in [-0.2, 0) is 13.6 Å². The number of benzene rings is 1. The number of aromatic amines is 1. The molecule has 1 aromatic carbocycles. The Labute approximate surface area is 168 Å². The minimum absolute atomic E-state index is 0.0939. The van der Waals surface area contributed by atoms with Gasteiger partial charge in [0.15, 0.2) is 0 Å². The highest BCUT2D eigenvalue weighted by Crippen LogP contribution is 2.20. The minimum Gasteiger partial charge on any atom is -0.322 e. The summed E-state index contributed by atoms with van der Waals surface area (Å²) in [7, 11) is 1.51. The van der Waals surface area contributed by atoms with Gasteiger partial charge >= 0.3 is 5.69 Å². The number of nitrogens with zero attached hydrogens (tertiary/aromatic N) is 3. The molecule has 8 heteroatoms. The van der Waals surface area contributed by atoms with Gasteiger partial charge < -0.3 is 5.32 Å². The first-order chi connectivity index (χ1) is 13.8. The van der Waals surface area contributed by atoms with E-state index in [0.717, 1.165) is 18.7 Å². The summed E-state index contributed by atoms with van der Waals surface area (Å²) in [5.74, 6) is -0.420. The molecule has 0 saturated carbocycles. The molecule has 0 bridgehead atoms. The molecule has 2 heterocycles. The molecule has 0 saturated heterocycles. The molecule has 152 valence electrons. The summed E-state index contributed by atoms with van der Waals surface area (Å²) in [6, 6.07) is 9.16. The second-order valence-electron chi connectivity index (χ2n) is 6.90. The smallest absolute Gasteiger partial charge is 0.322 e. The number of aromatic nitrogens is 3. The summed E-state index contributed by atoms with van der Waals surface area (Å²) in [6.07, 6.45) is 0. The number of anilines is 1. The molecule has 0 aliphatic carbocycles. The van der Waals surface area contributed by atoms with Gasteiger partial charge in [-0.3, -0.25) is 24.0 Å². The van der Waals surface area contributed by atoms with E-state index in [1.807, 2.05) is 24.3 Å². The fourth-order valence-corrected chi connectivity index (χ4v) is 3.30. The summed E-state index contributed by atoms with van der Waals surface area (Å²) < 4.78 is 1.23. The molecule has 2 N–H and O–H groups in total. The molecule has 1 amide bonds. The highest BCUT2D eigenvalue weighted by Gasteiger charge is 2.19. The second kappa shape index (κ2) is 8.40. The Morgan fingerprint density at radius 3 is 2.59 bits per heavy atom. The van der Waals surface area contributed by atoms with Crippen LogP contribution in [0.2, 0.25) is 0 Å². The van der Waals surface area contributed by atoms with Gasteiger partial charge in [0, 0.05) is 25.0 Å². The van der Waals surface area contributed by atoms with Crippen molar-refractivity contribution in [1.29, 1.82) is 0 Å². The zero-order valence-corrected chi connectivity index (χ0v) is 17.1. The Hall–Kier alpha value is -3.26. The maximum atomic E-state index is 13.1. The van der Waals surface area contributed by atoms with Crippen molar-refractivity contribution >= 4 is 22.6 Å². The lowest BCUT2D eigenvalue weighted by Gasteiger charge is -2.20. The second-order valence-corrected chi connectivity index (χ2v) is 6.90. The lowest BCUT2D eigenvalue weighted by molar-refractivity contribution is 0.102. The summed E-state index contributed by atoms with van der Waals surface area (Å²) >= 11 is 0. The Bertz CT molecular complexity index is 1180. The lowest BCUT2D eigenvalue weighted by Crippen LogP contribution is -2.31. The minimum atomic E-state index is -0.628. The molecule has 0 radical (unpaired) electrons. The first-order valence-corrected chi connectivity index (χ1v) is 9.58. The standard InChI is InChI=1S/C21H25N5O3/c1-5-26(6-2)12-14-9-7-8-10-16(14)23-19(27)15-11-13(3)22-18-17(15)20(28)24-21(29)25(18)4/h7-11H,5-6,12H2,1-4H3,(H,23,27)(H,24,28,29). The molecule has 0 unspecified atom stereocenters. The molecule has 0 aliphatic heterocycles. The Kier molecular flexibility index (Phi) is 5.93. The highest BCUT2D eigenvalue weighted by atomic mass is 16.2. The van der Waals surface area contributed by atoms with E-state index in [9.17, 15) is 14.4 Å². The number of hydrogen-bond donors (Lipinski definition) is 2. The average Bonchev–Trinajstić information content (AvgIpc) is 2.70. The topological polar surface area (TPSA) is 100 Å². The normalized spacial score (nSPS) is 11.2. The monoisotopic (exact) mass is 395 g/mol. The summed E-state index contributed by atoms with van der Waals surface area (Å²) in [5.41, 5.74) is 1.38. The van der Waals surface area contributed by atoms with Crippen LogP contribution < -0.4 is 16.6 Å². The van der Waals surface area contributed by atoms with Gasteiger partial charge in [-0.1, -0.05) is 32.0 Å². The number of pyridine rings is 1. The number of para-hydroxylation sites is 1. The Morgan fingerprint density at radius 1 is 1.21 bits per heavy atom. The number of hydrogen-bond acceptors (Lipinski definition) is 5. The van der Waals surface area contributed by atoms with Gasteiger partial charge in [0.1, 0.15) is 5.65 Å². The fourth-order valence-electron chi connectivity index (χ4n) is 3.30. The maximum absolute atomic E-state index is 13.1. The van der Waals surface area contributed by atoms with Crippen LogP contribution >= 0.6 is 0 Å². The molecular weight excluding hydrogens is 370 g/mol.